The zero-order valence-corrected chi connectivity index (χ0v) is 20.4. The number of nitrogens with zero attached hydrogens (tertiary/aromatic N) is 1. The van der Waals surface area contributed by atoms with Gasteiger partial charge in [0.25, 0.3) is 0 Å². The molecular weight excluding hydrogens is 540 g/mol. The fourth-order valence-corrected chi connectivity index (χ4v) is 5.50. The Morgan fingerprint density at radius 1 is 0.969 bits per heavy atom. The van der Waals surface area contributed by atoms with Gasteiger partial charge in [-0.1, -0.05) is 11.6 Å². The molecule has 0 aromatic heterocycles. The fraction of sp³-hybridized carbons (Fsp3) is 0.0476. The van der Waals surface area contributed by atoms with Crippen molar-refractivity contribution < 1.29 is 28.0 Å². The van der Waals surface area contributed by atoms with Crippen LogP contribution in [0.25, 0.3) is 0 Å². The third-order valence-electron chi connectivity index (χ3n) is 4.02. The van der Waals surface area contributed by atoms with Gasteiger partial charge >= 0.3 is 190 Å². The average Bonchev–Trinajstić information content (AvgIpc) is 2.77. The average molecular weight is 555 g/mol. The summed E-state index contributed by atoms with van der Waals surface area (Å²) < 4.78 is 27.2. The molecule has 32 heavy (non-hydrogen) atoms. The monoisotopic (exact) mass is 554 g/mol. The first-order valence-electron chi connectivity index (χ1n) is 8.95. The van der Waals surface area contributed by atoms with E-state index in [4.69, 9.17) is 33.1 Å². The van der Waals surface area contributed by atoms with E-state index < -0.39 is 31.7 Å². The van der Waals surface area contributed by atoms with E-state index >= 15 is 0 Å². The van der Waals surface area contributed by atoms with Gasteiger partial charge in [0.05, 0.1) is 0 Å². The predicted octanol–water partition coefficient (Wildman–Crippen LogP) is 4.53. The van der Waals surface area contributed by atoms with Crippen molar-refractivity contribution in [1.82, 2.24) is 0 Å². The van der Waals surface area contributed by atoms with Gasteiger partial charge in [0.15, 0.2) is 0 Å². The molecule has 0 fully saturated rings. The Balaban J connectivity index is 1.95. The van der Waals surface area contributed by atoms with E-state index in [2.05, 4.69) is 0 Å². The number of carbonyl (C=O) groups is 2. The summed E-state index contributed by atoms with van der Waals surface area (Å²) in [5.74, 6) is -0.970. The molecule has 0 amide bonds. The summed E-state index contributed by atoms with van der Waals surface area (Å²) in [6.07, 6.45) is 0. The van der Waals surface area contributed by atoms with Gasteiger partial charge in [-0.15, -0.1) is 0 Å². The van der Waals surface area contributed by atoms with Gasteiger partial charge in [0, 0.05) is 0 Å². The number of aliphatic carboxylic acids is 1. The zero-order valence-electron chi connectivity index (χ0n) is 16.2. The maximum absolute atomic E-state index is 13.4. The van der Waals surface area contributed by atoms with Crippen LogP contribution >= 0.6 is 23.2 Å². The van der Waals surface area contributed by atoms with Crippen LogP contribution in [-0.2, 0) is 14.8 Å². The molecule has 0 heterocycles. The summed E-state index contributed by atoms with van der Waals surface area (Å²) in [4.78, 5) is 28.4. The van der Waals surface area contributed by atoms with Crippen molar-refractivity contribution >= 4 is 65.2 Å². The summed E-state index contributed by atoms with van der Waals surface area (Å²) >= 11 is 11.0. The topological polar surface area (TPSA) is 101 Å². The van der Waals surface area contributed by atoms with Gasteiger partial charge in [-0.25, -0.2) is 0 Å². The number of carboxylic acids is 1. The van der Waals surface area contributed by atoms with Crippen molar-refractivity contribution in [1.29, 1.82) is 0 Å². The third-order valence-corrected chi connectivity index (χ3v) is 8.18. The van der Waals surface area contributed by atoms with Crippen LogP contribution in [0.15, 0.2) is 77.7 Å². The normalized spacial score (nSPS) is 11.4. The molecule has 7 nitrogen and oxygen atoms in total. The van der Waals surface area contributed by atoms with Crippen molar-refractivity contribution in [3.63, 3.8) is 0 Å². The summed E-state index contributed by atoms with van der Waals surface area (Å²) in [5, 5.41) is 9.01. The quantitative estimate of drug-likeness (QED) is 0.308. The maximum atomic E-state index is 13.4. The van der Waals surface area contributed by atoms with Crippen LogP contribution < -0.4 is 9.31 Å². The van der Waals surface area contributed by atoms with Gasteiger partial charge in [-0.3, -0.25) is 0 Å². The molecule has 0 aliphatic carbocycles. The van der Waals surface area contributed by atoms with Crippen molar-refractivity contribution in [2.24, 2.45) is 0 Å². The van der Waals surface area contributed by atoms with E-state index in [0.717, 1.165) is 4.47 Å². The van der Waals surface area contributed by atoms with Crippen LogP contribution in [0.3, 0.4) is 0 Å². The molecule has 1 radical (unpaired) electrons. The van der Waals surface area contributed by atoms with E-state index in [1.807, 2.05) is 0 Å². The first-order valence-corrected chi connectivity index (χ1v) is 13.4. The molecule has 165 valence electrons. The second-order valence-corrected chi connectivity index (χ2v) is 11.0. The van der Waals surface area contributed by atoms with Gasteiger partial charge in [0.2, 0.25) is 0 Å². The fourth-order valence-electron chi connectivity index (χ4n) is 2.52. The van der Waals surface area contributed by atoms with Gasteiger partial charge in [-0.05, 0) is 0 Å². The number of anilines is 1. The molecule has 0 atom stereocenters. The number of carbonyl (C=O) groups excluding carboxylic acids is 1. The number of halogens is 2. The SMILES string of the molecule is O=C(O)C[As]C(=O)c1ccc(S(=O)(=O)N(Oc2ccc(Cl)cc2Cl)c2ccccc2)cc1. The Kier molecular flexibility index (Phi) is 7.85. The molecule has 0 aliphatic heterocycles. The van der Waals surface area contributed by atoms with Crippen LogP contribution in [0.5, 0.6) is 5.75 Å². The van der Waals surface area contributed by atoms with Gasteiger partial charge in [0.1, 0.15) is 0 Å². The molecular formula is C21H15AsCl2NO6S. The van der Waals surface area contributed by atoms with E-state index in [-0.39, 0.29) is 36.7 Å². The van der Waals surface area contributed by atoms with Crippen LogP contribution in [0, 0.1) is 0 Å². The number of rotatable bonds is 9. The Morgan fingerprint density at radius 3 is 2.22 bits per heavy atom. The van der Waals surface area contributed by atoms with Gasteiger partial charge < -0.3 is 0 Å². The minimum atomic E-state index is -4.23. The molecule has 1 N–H and O–H groups in total. The summed E-state index contributed by atoms with van der Waals surface area (Å²) in [5.41, 5.74) is 0.475. The molecule has 0 saturated heterocycles. The third kappa shape index (κ3) is 5.84. The molecule has 3 aromatic rings. The Bertz CT molecular complexity index is 1240. The van der Waals surface area contributed by atoms with Crippen molar-refractivity contribution in [2.45, 2.75) is 10.1 Å². The standard InChI is InChI=1S/C21H15AsCl2NO6S/c23-15-8-11-19(18(24)12-15)31-25(16-4-2-1-3-5-16)32(29,30)17-9-6-14(7-10-17)21(28)22-13-20(26)27/h1-12H,13H2,(H,26,27). The summed E-state index contributed by atoms with van der Waals surface area (Å²) in [6, 6.07) is 17.8. The van der Waals surface area contributed by atoms with Crippen LogP contribution in [-0.4, -0.2) is 39.8 Å². The Hall–Kier alpha value is -2.51. The van der Waals surface area contributed by atoms with E-state index in [1.165, 1.54) is 42.5 Å². The Labute approximate surface area is 201 Å². The molecule has 0 saturated carbocycles. The first kappa shape index (κ1) is 24.1. The summed E-state index contributed by atoms with van der Waals surface area (Å²) in [6.45, 7) is 0. The predicted molar refractivity (Wildman–Crippen MR) is 122 cm³/mol. The van der Waals surface area contributed by atoms with Gasteiger partial charge in [-0.2, -0.15) is 0 Å². The molecule has 3 aromatic carbocycles. The molecule has 0 unspecified atom stereocenters. The minimum absolute atomic E-state index is 0.0769. The number of sulfonamides is 1. The second-order valence-electron chi connectivity index (χ2n) is 6.27. The van der Waals surface area contributed by atoms with Crippen LogP contribution in [0.2, 0.25) is 15.3 Å². The molecule has 0 bridgehead atoms. The number of hydrogen-bond donors (Lipinski definition) is 1. The number of para-hydroxylation sites is 1. The number of hydrogen-bond acceptors (Lipinski definition) is 5. The summed E-state index contributed by atoms with van der Waals surface area (Å²) in [7, 11) is -4.23. The molecule has 0 spiro atoms. The van der Waals surface area contributed by atoms with Crippen molar-refractivity contribution in [3.8, 4) is 5.75 Å². The molecule has 0 aliphatic rings. The molecule has 3 rings (SSSR count). The van der Waals surface area contributed by atoms with E-state index in [0.29, 0.717) is 5.02 Å². The number of carboxylic acid groups (broad SMARTS) is 1. The van der Waals surface area contributed by atoms with Crippen molar-refractivity contribution in [3.05, 3.63) is 88.4 Å². The second kappa shape index (κ2) is 10.4. The first-order chi connectivity index (χ1) is 15.2. The molecule has 11 heteroatoms. The van der Waals surface area contributed by atoms with Crippen LogP contribution in [0.4, 0.5) is 5.69 Å². The number of benzene rings is 3. The Morgan fingerprint density at radius 2 is 1.62 bits per heavy atom. The van der Waals surface area contributed by atoms with Crippen LogP contribution in [0.1, 0.15) is 10.4 Å². The zero-order chi connectivity index (χ0) is 23.3. The van der Waals surface area contributed by atoms with E-state index in [9.17, 15) is 18.0 Å². The van der Waals surface area contributed by atoms with Crippen molar-refractivity contribution in [2.75, 3.05) is 4.47 Å². The van der Waals surface area contributed by atoms with E-state index in [1.54, 1.807) is 30.3 Å².